The maximum Gasteiger partial charge on any atom is 0.0471 e. The van der Waals surface area contributed by atoms with Gasteiger partial charge in [0.2, 0.25) is 0 Å². The first-order valence-corrected chi connectivity index (χ1v) is 5.76. The Bertz CT molecular complexity index is 339. The topological polar surface area (TPSA) is 32.5 Å². The van der Waals surface area contributed by atoms with E-state index in [1.54, 1.807) is 0 Å². The second kappa shape index (κ2) is 6.09. The van der Waals surface area contributed by atoms with Crippen LogP contribution in [0.2, 0.25) is 5.02 Å². The molecule has 0 saturated heterocycles. The van der Waals surface area contributed by atoms with E-state index in [9.17, 15) is 0 Å². The number of nitrogens with zero attached hydrogens (tertiary/aromatic N) is 2. The molecule has 0 aliphatic carbocycles. The highest BCUT2D eigenvalue weighted by atomic mass is 35.5. The minimum Gasteiger partial charge on any atom is -0.373 e. The van der Waals surface area contributed by atoms with Gasteiger partial charge in [0.05, 0.1) is 0 Å². The van der Waals surface area contributed by atoms with Crippen LogP contribution >= 0.6 is 11.6 Å². The molecular weight excluding hydrogens is 222 g/mol. The average molecular weight is 242 g/mol. The van der Waals surface area contributed by atoms with Crippen LogP contribution in [-0.2, 0) is 6.54 Å². The van der Waals surface area contributed by atoms with E-state index in [-0.39, 0.29) is 0 Å². The van der Waals surface area contributed by atoms with Crippen molar-refractivity contribution >= 4 is 17.3 Å². The summed E-state index contributed by atoms with van der Waals surface area (Å²) in [5.74, 6) is 0. The summed E-state index contributed by atoms with van der Waals surface area (Å²) in [5, 5.41) is 0.747. The first-order chi connectivity index (χ1) is 7.54. The van der Waals surface area contributed by atoms with Crippen LogP contribution in [-0.4, -0.2) is 39.1 Å². The second-order valence-electron chi connectivity index (χ2n) is 4.20. The van der Waals surface area contributed by atoms with Crippen molar-refractivity contribution in [2.45, 2.75) is 6.54 Å². The lowest BCUT2D eigenvalue weighted by Crippen LogP contribution is -2.28. The fraction of sp³-hybridized carbons (Fsp3) is 0.500. The van der Waals surface area contributed by atoms with Gasteiger partial charge in [0.1, 0.15) is 0 Å². The molecule has 1 aromatic rings. The van der Waals surface area contributed by atoms with Crippen molar-refractivity contribution in [1.82, 2.24) is 4.90 Å². The van der Waals surface area contributed by atoms with Crippen LogP contribution in [0.25, 0.3) is 0 Å². The van der Waals surface area contributed by atoms with Gasteiger partial charge >= 0.3 is 0 Å². The number of anilines is 1. The van der Waals surface area contributed by atoms with Gasteiger partial charge in [0.25, 0.3) is 0 Å². The molecular formula is C12H20ClN3. The van der Waals surface area contributed by atoms with Gasteiger partial charge < -0.3 is 15.5 Å². The standard InChI is InChI=1S/C12H20ClN3/c1-15(2)6-7-16(3)11-5-4-10(9-14)12(13)8-11/h4-5,8H,6-7,9,14H2,1-3H3. The lowest BCUT2D eigenvalue weighted by atomic mass is 10.2. The highest BCUT2D eigenvalue weighted by Gasteiger charge is 2.04. The van der Waals surface area contributed by atoms with Crippen molar-refractivity contribution in [2.75, 3.05) is 39.1 Å². The summed E-state index contributed by atoms with van der Waals surface area (Å²) < 4.78 is 0. The summed E-state index contributed by atoms with van der Waals surface area (Å²) in [5.41, 5.74) is 7.69. The third-order valence-electron chi connectivity index (χ3n) is 2.58. The third-order valence-corrected chi connectivity index (χ3v) is 2.93. The van der Waals surface area contributed by atoms with Crippen molar-refractivity contribution in [1.29, 1.82) is 0 Å². The Labute approximate surface area is 103 Å². The molecule has 3 nitrogen and oxygen atoms in total. The summed E-state index contributed by atoms with van der Waals surface area (Å²) >= 11 is 6.12. The summed E-state index contributed by atoms with van der Waals surface area (Å²) in [6.07, 6.45) is 0. The van der Waals surface area contributed by atoms with Gasteiger partial charge in [-0.3, -0.25) is 0 Å². The lowest BCUT2D eigenvalue weighted by Gasteiger charge is -2.22. The minimum atomic E-state index is 0.487. The highest BCUT2D eigenvalue weighted by molar-refractivity contribution is 6.31. The van der Waals surface area contributed by atoms with Gasteiger partial charge in [0, 0.05) is 37.4 Å². The van der Waals surface area contributed by atoms with Crippen LogP contribution in [0.15, 0.2) is 18.2 Å². The fourth-order valence-corrected chi connectivity index (χ4v) is 1.67. The molecule has 4 heteroatoms. The normalized spacial score (nSPS) is 10.9. The molecule has 0 atom stereocenters. The largest absolute Gasteiger partial charge is 0.373 e. The van der Waals surface area contributed by atoms with Gasteiger partial charge in [-0.25, -0.2) is 0 Å². The Kier molecular flexibility index (Phi) is 5.06. The molecule has 0 saturated carbocycles. The second-order valence-corrected chi connectivity index (χ2v) is 4.61. The smallest absolute Gasteiger partial charge is 0.0471 e. The molecule has 0 bridgehead atoms. The quantitative estimate of drug-likeness (QED) is 0.853. The zero-order valence-corrected chi connectivity index (χ0v) is 11.0. The van der Waals surface area contributed by atoms with Crippen molar-refractivity contribution in [3.8, 4) is 0 Å². The maximum atomic E-state index is 6.12. The molecule has 0 radical (unpaired) electrons. The van der Waals surface area contributed by atoms with Gasteiger partial charge in [0.15, 0.2) is 0 Å². The molecule has 0 amide bonds. The zero-order chi connectivity index (χ0) is 12.1. The molecule has 0 aliphatic heterocycles. The predicted octanol–water partition coefficient (Wildman–Crippen LogP) is 1.80. The Hall–Kier alpha value is -0.770. The molecule has 2 N–H and O–H groups in total. The minimum absolute atomic E-state index is 0.487. The summed E-state index contributed by atoms with van der Waals surface area (Å²) in [6, 6.07) is 6.02. The van der Waals surface area contributed by atoms with Crippen LogP contribution in [0.5, 0.6) is 0 Å². The number of rotatable bonds is 5. The number of hydrogen-bond donors (Lipinski definition) is 1. The Balaban J connectivity index is 2.69. The van der Waals surface area contributed by atoms with E-state index in [2.05, 4.69) is 37.0 Å². The van der Waals surface area contributed by atoms with E-state index in [0.717, 1.165) is 29.4 Å². The van der Waals surface area contributed by atoms with E-state index < -0.39 is 0 Å². The number of likely N-dealkylation sites (N-methyl/N-ethyl adjacent to an activating group) is 2. The third kappa shape index (κ3) is 3.67. The summed E-state index contributed by atoms with van der Waals surface area (Å²) in [7, 11) is 6.20. The van der Waals surface area contributed by atoms with Crippen LogP contribution in [0.3, 0.4) is 0 Å². The highest BCUT2D eigenvalue weighted by Crippen LogP contribution is 2.22. The number of benzene rings is 1. The number of hydrogen-bond acceptors (Lipinski definition) is 3. The van der Waals surface area contributed by atoms with Gasteiger partial charge in [-0.15, -0.1) is 0 Å². The first kappa shape index (κ1) is 13.3. The van der Waals surface area contributed by atoms with Crippen LogP contribution in [0, 0.1) is 0 Å². The number of nitrogens with two attached hydrogens (primary N) is 1. The van der Waals surface area contributed by atoms with E-state index >= 15 is 0 Å². The number of halogens is 1. The predicted molar refractivity (Wildman–Crippen MR) is 71.2 cm³/mol. The fourth-order valence-electron chi connectivity index (χ4n) is 1.42. The zero-order valence-electron chi connectivity index (χ0n) is 10.2. The summed E-state index contributed by atoms with van der Waals surface area (Å²) in [4.78, 5) is 4.35. The molecule has 0 aliphatic rings. The van der Waals surface area contributed by atoms with Crippen molar-refractivity contribution < 1.29 is 0 Å². The lowest BCUT2D eigenvalue weighted by molar-refractivity contribution is 0.416. The van der Waals surface area contributed by atoms with Crippen molar-refractivity contribution in [2.24, 2.45) is 5.73 Å². The monoisotopic (exact) mass is 241 g/mol. The molecule has 0 heterocycles. The molecule has 0 spiro atoms. The maximum absolute atomic E-state index is 6.12. The molecule has 16 heavy (non-hydrogen) atoms. The molecule has 1 aromatic carbocycles. The van der Waals surface area contributed by atoms with Crippen molar-refractivity contribution in [3.63, 3.8) is 0 Å². The van der Waals surface area contributed by atoms with Gasteiger partial charge in [-0.1, -0.05) is 17.7 Å². The molecule has 0 unspecified atom stereocenters. The average Bonchev–Trinajstić information content (AvgIpc) is 2.25. The van der Waals surface area contributed by atoms with E-state index in [0.29, 0.717) is 6.54 Å². The van der Waals surface area contributed by atoms with Gasteiger partial charge in [-0.2, -0.15) is 0 Å². The van der Waals surface area contributed by atoms with Crippen LogP contribution in [0.1, 0.15) is 5.56 Å². The van der Waals surface area contributed by atoms with Crippen LogP contribution < -0.4 is 10.6 Å². The Morgan fingerprint density at radius 2 is 1.88 bits per heavy atom. The Morgan fingerprint density at radius 3 is 2.38 bits per heavy atom. The molecule has 0 aromatic heterocycles. The first-order valence-electron chi connectivity index (χ1n) is 5.39. The van der Waals surface area contributed by atoms with Crippen LogP contribution in [0.4, 0.5) is 5.69 Å². The van der Waals surface area contributed by atoms with E-state index in [1.165, 1.54) is 0 Å². The van der Waals surface area contributed by atoms with E-state index in [4.69, 9.17) is 17.3 Å². The molecule has 90 valence electrons. The molecule has 0 fully saturated rings. The van der Waals surface area contributed by atoms with Crippen molar-refractivity contribution in [3.05, 3.63) is 28.8 Å². The van der Waals surface area contributed by atoms with E-state index in [1.807, 2.05) is 12.1 Å². The summed E-state index contributed by atoms with van der Waals surface area (Å²) in [6.45, 7) is 2.48. The Morgan fingerprint density at radius 1 is 1.19 bits per heavy atom. The molecule has 1 rings (SSSR count). The van der Waals surface area contributed by atoms with Gasteiger partial charge in [-0.05, 0) is 31.8 Å². The SMILES string of the molecule is CN(C)CCN(C)c1ccc(CN)c(Cl)c1.